The molecule has 0 aromatic rings. The van der Waals surface area contributed by atoms with E-state index >= 15 is 0 Å². The molecule has 0 amide bonds. The molecule has 2 saturated heterocycles. The molecular weight excluding hydrogens is 441 g/mol. The summed E-state index contributed by atoms with van der Waals surface area (Å²) in [6, 6.07) is 1.37. The number of methoxy groups -OCH3 is 1. The van der Waals surface area contributed by atoms with Crippen LogP contribution >= 0.6 is 24.0 Å². The van der Waals surface area contributed by atoms with Gasteiger partial charge in [-0.3, -0.25) is 14.8 Å². The highest BCUT2D eigenvalue weighted by molar-refractivity contribution is 14.0. The fourth-order valence-corrected chi connectivity index (χ4v) is 4.20. The largest absolute Gasteiger partial charge is 0.383 e. The Morgan fingerprint density at radius 1 is 1.04 bits per heavy atom. The first-order valence-electron chi connectivity index (χ1n) is 10.2. The van der Waals surface area contributed by atoms with Gasteiger partial charge in [-0.15, -0.1) is 24.0 Å². The van der Waals surface area contributed by atoms with Crippen molar-refractivity contribution in [2.75, 3.05) is 60.0 Å². The summed E-state index contributed by atoms with van der Waals surface area (Å²) in [5.74, 6) is 0.934. The Balaban J connectivity index is 0.00000338. The Kier molecular flexibility index (Phi) is 12.8. The number of hydrogen-bond donors (Lipinski definition) is 2. The molecule has 0 spiro atoms. The molecule has 26 heavy (non-hydrogen) atoms. The fraction of sp³-hybridized carbons (Fsp3) is 0.947. The van der Waals surface area contributed by atoms with E-state index in [1.165, 1.54) is 51.6 Å². The van der Waals surface area contributed by atoms with Crippen molar-refractivity contribution in [3.05, 3.63) is 0 Å². The lowest BCUT2D eigenvalue weighted by atomic mass is 10.0. The zero-order valence-electron chi connectivity index (χ0n) is 17.0. The van der Waals surface area contributed by atoms with E-state index in [-0.39, 0.29) is 24.0 Å². The van der Waals surface area contributed by atoms with Gasteiger partial charge in [0.2, 0.25) is 0 Å². The third-order valence-corrected chi connectivity index (χ3v) is 5.72. The first-order valence-corrected chi connectivity index (χ1v) is 10.2. The average Bonchev–Trinajstić information content (AvgIpc) is 3.10. The Bertz CT molecular complexity index is 396. The zero-order valence-corrected chi connectivity index (χ0v) is 19.3. The molecule has 2 heterocycles. The standard InChI is InChI=1S/C19H39N5O.HI/c1-4-17-8-5-6-11-23(17)13-10-21-19(20-2)22-16-18-9-7-12-24(18)14-15-25-3;/h17-18H,4-16H2,1-3H3,(H2,20,21,22);1H. The summed E-state index contributed by atoms with van der Waals surface area (Å²) in [5.41, 5.74) is 0. The smallest absolute Gasteiger partial charge is 0.191 e. The van der Waals surface area contributed by atoms with Gasteiger partial charge in [-0.25, -0.2) is 0 Å². The van der Waals surface area contributed by atoms with Gasteiger partial charge in [-0.2, -0.15) is 0 Å². The van der Waals surface area contributed by atoms with Gasteiger partial charge in [-0.1, -0.05) is 13.3 Å². The van der Waals surface area contributed by atoms with Gasteiger partial charge in [-0.05, 0) is 45.2 Å². The lowest BCUT2D eigenvalue weighted by molar-refractivity contribution is 0.141. The van der Waals surface area contributed by atoms with Gasteiger partial charge in [0.1, 0.15) is 0 Å². The minimum absolute atomic E-state index is 0. The number of piperidine rings is 1. The van der Waals surface area contributed by atoms with Crippen molar-refractivity contribution in [3.8, 4) is 0 Å². The number of nitrogens with zero attached hydrogens (tertiary/aromatic N) is 3. The van der Waals surface area contributed by atoms with Crippen LogP contribution in [0.4, 0.5) is 0 Å². The topological polar surface area (TPSA) is 52.1 Å². The monoisotopic (exact) mass is 481 g/mol. The molecule has 2 aliphatic rings. The molecule has 0 aliphatic carbocycles. The van der Waals surface area contributed by atoms with Crippen molar-refractivity contribution in [1.82, 2.24) is 20.4 Å². The number of rotatable bonds is 9. The van der Waals surface area contributed by atoms with Crippen molar-refractivity contribution < 1.29 is 4.74 Å². The first-order chi connectivity index (χ1) is 12.3. The number of nitrogens with one attached hydrogen (secondary N) is 2. The zero-order chi connectivity index (χ0) is 17.9. The summed E-state index contributed by atoms with van der Waals surface area (Å²) in [5, 5.41) is 7.02. The first kappa shape index (κ1) is 23.9. The van der Waals surface area contributed by atoms with E-state index in [1.807, 2.05) is 7.05 Å². The van der Waals surface area contributed by atoms with Gasteiger partial charge < -0.3 is 15.4 Å². The summed E-state index contributed by atoms with van der Waals surface area (Å²) in [6.07, 6.45) is 7.93. The molecule has 2 fully saturated rings. The van der Waals surface area contributed by atoms with Crippen LogP contribution in [0.3, 0.4) is 0 Å². The number of guanidine groups is 1. The predicted octanol–water partition coefficient (Wildman–Crippen LogP) is 2.14. The Hall–Kier alpha value is -0.120. The summed E-state index contributed by atoms with van der Waals surface area (Å²) < 4.78 is 5.22. The van der Waals surface area contributed by atoms with Gasteiger partial charge in [0.15, 0.2) is 5.96 Å². The van der Waals surface area contributed by atoms with Crippen LogP contribution in [0.5, 0.6) is 0 Å². The molecule has 0 radical (unpaired) electrons. The number of likely N-dealkylation sites (tertiary alicyclic amines) is 2. The van der Waals surface area contributed by atoms with Gasteiger partial charge in [0.05, 0.1) is 6.61 Å². The van der Waals surface area contributed by atoms with Crippen LogP contribution in [0, 0.1) is 0 Å². The minimum Gasteiger partial charge on any atom is -0.383 e. The molecule has 0 aromatic heterocycles. The average molecular weight is 481 g/mol. The van der Waals surface area contributed by atoms with E-state index in [2.05, 4.69) is 32.3 Å². The molecule has 2 atom stereocenters. The number of ether oxygens (including phenoxy) is 1. The highest BCUT2D eigenvalue weighted by Gasteiger charge is 2.24. The fourth-order valence-electron chi connectivity index (χ4n) is 4.20. The second-order valence-electron chi connectivity index (χ2n) is 7.30. The van der Waals surface area contributed by atoms with Gasteiger partial charge >= 0.3 is 0 Å². The molecule has 2 rings (SSSR count). The molecule has 7 heteroatoms. The van der Waals surface area contributed by atoms with Gasteiger partial charge in [0, 0.05) is 52.4 Å². The van der Waals surface area contributed by atoms with E-state index in [0.717, 1.165) is 44.8 Å². The molecule has 2 unspecified atom stereocenters. The maximum Gasteiger partial charge on any atom is 0.191 e. The number of aliphatic imine (C=N–C) groups is 1. The molecule has 154 valence electrons. The molecule has 0 bridgehead atoms. The predicted molar refractivity (Wildman–Crippen MR) is 121 cm³/mol. The van der Waals surface area contributed by atoms with Crippen LogP contribution in [-0.2, 0) is 4.74 Å². The van der Waals surface area contributed by atoms with Crippen molar-refractivity contribution in [3.63, 3.8) is 0 Å². The van der Waals surface area contributed by atoms with Crippen LogP contribution in [0.1, 0.15) is 45.4 Å². The van der Waals surface area contributed by atoms with E-state index in [9.17, 15) is 0 Å². The van der Waals surface area contributed by atoms with E-state index < -0.39 is 0 Å². The lowest BCUT2D eigenvalue weighted by Gasteiger charge is -2.35. The van der Waals surface area contributed by atoms with Crippen molar-refractivity contribution in [1.29, 1.82) is 0 Å². The summed E-state index contributed by atoms with van der Waals surface area (Å²) in [4.78, 5) is 9.57. The van der Waals surface area contributed by atoms with E-state index in [4.69, 9.17) is 4.74 Å². The number of halogens is 1. The molecule has 0 saturated carbocycles. The second-order valence-corrected chi connectivity index (χ2v) is 7.30. The van der Waals surface area contributed by atoms with E-state index in [1.54, 1.807) is 7.11 Å². The quantitative estimate of drug-likeness (QED) is 0.300. The van der Waals surface area contributed by atoms with Crippen LogP contribution in [0.25, 0.3) is 0 Å². The SMILES string of the molecule is CCC1CCCCN1CCNC(=NC)NCC1CCCN1CCOC.I. The van der Waals surface area contributed by atoms with E-state index in [0.29, 0.717) is 6.04 Å². The Morgan fingerprint density at radius 2 is 1.77 bits per heavy atom. The third kappa shape index (κ3) is 7.86. The maximum absolute atomic E-state index is 5.22. The normalized spacial score (nSPS) is 25.1. The Labute approximate surface area is 177 Å². The summed E-state index contributed by atoms with van der Waals surface area (Å²) in [6.45, 7) is 9.65. The molecule has 2 aliphatic heterocycles. The van der Waals surface area contributed by atoms with Crippen LogP contribution < -0.4 is 10.6 Å². The van der Waals surface area contributed by atoms with Gasteiger partial charge in [0.25, 0.3) is 0 Å². The van der Waals surface area contributed by atoms with Crippen LogP contribution in [0.15, 0.2) is 4.99 Å². The summed E-state index contributed by atoms with van der Waals surface area (Å²) in [7, 11) is 3.64. The highest BCUT2D eigenvalue weighted by Crippen LogP contribution is 2.18. The molecular formula is C19H40IN5O. The minimum atomic E-state index is 0. The molecule has 0 aromatic carbocycles. The molecule has 6 nitrogen and oxygen atoms in total. The molecule has 2 N–H and O–H groups in total. The second kappa shape index (κ2) is 14.0. The maximum atomic E-state index is 5.22. The van der Waals surface area contributed by atoms with Crippen LogP contribution in [-0.4, -0.2) is 87.9 Å². The van der Waals surface area contributed by atoms with Crippen molar-refractivity contribution >= 4 is 29.9 Å². The number of hydrogen-bond acceptors (Lipinski definition) is 4. The van der Waals surface area contributed by atoms with Crippen molar-refractivity contribution in [2.45, 2.75) is 57.5 Å². The van der Waals surface area contributed by atoms with Crippen LogP contribution in [0.2, 0.25) is 0 Å². The van der Waals surface area contributed by atoms with Crippen molar-refractivity contribution in [2.24, 2.45) is 4.99 Å². The Morgan fingerprint density at radius 3 is 2.50 bits per heavy atom. The lowest BCUT2D eigenvalue weighted by Crippen LogP contribution is -2.48. The highest BCUT2D eigenvalue weighted by atomic mass is 127. The summed E-state index contributed by atoms with van der Waals surface area (Å²) >= 11 is 0. The third-order valence-electron chi connectivity index (χ3n) is 5.72.